The van der Waals surface area contributed by atoms with Gasteiger partial charge in [-0.3, -0.25) is 4.79 Å². The Balaban J connectivity index is 3.45. The highest BCUT2D eigenvalue weighted by atomic mass is 16.5. The van der Waals surface area contributed by atoms with E-state index in [4.69, 9.17) is 20.3 Å². The van der Waals surface area contributed by atoms with Crippen molar-refractivity contribution < 1.29 is 19.4 Å². The van der Waals surface area contributed by atoms with Crippen LogP contribution in [0.1, 0.15) is 22.7 Å². The number of nitrogens with two attached hydrogens (primary N) is 1. The molecule has 1 aromatic carbocycles. The summed E-state index contributed by atoms with van der Waals surface area (Å²) < 4.78 is 10.5. The zero-order valence-electron chi connectivity index (χ0n) is 10.4. The highest BCUT2D eigenvalue weighted by molar-refractivity contribution is 5.77. The number of carboxylic acids is 1. The van der Waals surface area contributed by atoms with Crippen molar-refractivity contribution in [2.75, 3.05) is 14.2 Å². The zero-order valence-corrected chi connectivity index (χ0v) is 10.4. The van der Waals surface area contributed by atoms with Crippen LogP contribution in [0.4, 0.5) is 0 Å². The average molecular weight is 239 g/mol. The molecule has 1 aromatic rings. The van der Waals surface area contributed by atoms with Crippen LogP contribution >= 0.6 is 0 Å². The summed E-state index contributed by atoms with van der Waals surface area (Å²) in [6, 6.07) is 0.656. The lowest BCUT2D eigenvalue weighted by atomic mass is 9.97. The summed E-state index contributed by atoms with van der Waals surface area (Å²) in [7, 11) is 3.06. The van der Waals surface area contributed by atoms with Crippen LogP contribution in [0.3, 0.4) is 0 Å². The molecule has 1 atom stereocenters. The molecule has 17 heavy (non-hydrogen) atoms. The fourth-order valence-corrected chi connectivity index (χ4v) is 1.84. The van der Waals surface area contributed by atoms with Crippen LogP contribution in [-0.2, 0) is 4.79 Å². The summed E-state index contributed by atoms with van der Waals surface area (Å²) in [5.74, 6) is 0.0604. The smallest absolute Gasteiger partial charge is 0.325 e. The second-order valence-corrected chi connectivity index (χ2v) is 3.79. The molecule has 0 aromatic heterocycles. The van der Waals surface area contributed by atoms with Crippen molar-refractivity contribution in [1.29, 1.82) is 0 Å². The van der Waals surface area contributed by atoms with Crippen LogP contribution in [0, 0.1) is 13.8 Å². The van der Waals surface area contributed by atoms with Gasteiger partial charge in [0.2, 0.25) is 0 Å². The van der Waals surface area contributed by atoms with Crippen molar-refractivity contribution in [3.63, 3.8) is 0 Å². The highest BCUT2D eigenvalue weighted by Crippen LogP contribution is 2.37. The molecular weight excluding hydrogens is 222 g/mol. The quantitative estimate of drug-likeness (QED) is 0.830. The lowest BCUT2D eigenvalue weighted by Crippen LogP contribution is -2.22. The van der Waals surface area contributed by atoms with E-state index in [-0.39, 0.29) is 0 Å². The minimum atomic E-state index is -1.07. The Hall–Kier alpha value is -1.75. The fourth-order valence-electron chi connectivity index (χ4n) is 1.84. The lowest BCUT2D eigenvalue weighted by molar-refractivity contribution is -0.138. The van der Waals surface area contributed by atoms with Gasteiger partial charge in [0.1, 0.15) is 6.04 Å². The Morgan fingerprint density at radius 2 is 1.82 bits per heavy atom. The third-order valence-electron chi connectivity index (χ3n) is 2.72. The Bertz CT molecular complexity index is 443. The molecule has 0 bridgehead atoms. The minimum absolute atomic E-state index is 0.527. The van der Waals surface area contributed by atoms with Gasteiger partial charge in [0, 0.05) is 5.56 Å². The zero-order chi connectivity index (χ0) is 13.2. The molecule has 0 aliphatic carbocycles. The van der Waals surface area contributed by atoms with E-state index in [1.54, 1.807) is 20.1 Å². The van der Waals surface area contributed by atoms with Gasteiger partial charge in [-0.15, -0.1) is 0 Å². The number of ether oxygens (including phenoxy) is 2. The third kappa shape index (κ3) is 2.34. The number of aliphatic carboxylic acids is 1. The number of hydrogen-bond donors (Lipinski definition) is 2. The van der Waals surface area contributed by atoms with Gasteiger partial charge >= 0.3 is 5.97 Å². The largest absolute Gasteiger partial charge is 0.493 e. The van der Waals surface area contributed by atoms with Gasteiger partial charge in [0.05, 0.1) is 14.2 Å². The van der Waals surface area contributed by atoms with Crippen LogP contribution in [0.2, 0.25) is 0 Å². The number of methoxy groups -OCH3 is 2. The topological polar surface area (TPSA) is 81.8 Å². The van der Waals surface area contributed by atoms with E-state index in [1.165, 1.54) is 7.11 Å². The Kier molecular flexibility index (Phi) is 3.96. The van der Waals surface area contributed by atoms with Crippen molar-refractivity contribution in [3.8, 4) is 11.5 Å². The molecule has 0 saturated carbocycles. The van der Waals surface area contributed by atoms with Crippen LogP contribution in [0.15, 0.2) is 6.07 Å². The van der Waals surface area contributed by atoms with E-state index >= 15 is 0 Å². The predicted molar refractivity (Wildman–Crippen MR) is 63.6 cm³/mol. The Morgan fingerprint density at radius 1 is 1.29 bits per heavy atom. The maximum Gasteiger partial charge on any atom is 0.325 e. The molecule has 5 nitrogen and oxygen atoms in total. The van der Waals surface area contributed by atoms with Crippen molar-refractivity contribution in [2.45, 2.75) is 19.9 Å². The van der Waals surface area contributed by atoms with Gasteiger partial charge in [0.15, 0.2) is 11.5 Å². The maximum absolute atomic E-state index is 10.9. The third-order valence-corrected chi connectivity index (χ3v) is 2.72. The van der Waals surface area contributed by atoms with Gasteiger partial charge in [-0.05, 0) is 31.0 Å². The molecule has 0 amide bonds. The second kappa shape index (κ2) is 5.05. The molecule has 0 fully saturated rings. The summed E-state index contributed by atoms with van der Waals surface area (Å²) in [6.07, 6.45) is 0. The van der Waals surface area contributed by atoms with E-state index in [2.05, 4.69) is 0 Å². The second-order valence-electron chi connectivity index (χ2n) is 3.79. The first kappa shape index (κ1) is 13.3. The molecule has 3 N–H and O–H groups in total. The highest BCUT2D eigenvalue weighted by Gasteiger charge is 2.22. The SMILES string of the molecule is COc1c(C)cc(C(N)C(=O)O)c(C)c1OC. The lowest BCUT2D eigenvalue weighted by Gasteiger charge is -2.18. The number of benzene rings is 1. The molecule has 94 valence electrons. The number of carboxylic acid groups (broad SMARTS) is 1. The Labute approximate surface area is 100 Å². The first-order valence-electron chi connectivity index (χ1n) is 5.14. The Morgan fingerprint density at radius 3 is 2.24 bits per heavy atom. The van der Waals surface area contributed by atoms with E-state index in [9.17, 15) is 4.79 Å². The fraction of sp³-hybridized carbons (Fsp3) is 0.417. The van der Waals surface area contributed by atoms with E-state index in [0.29, 0.717) is 22.6 Å². The summed E-state index contributed by atoms with van der Waals surface area (Å²) in [5.41, 5.74) is 7.64. The molecule has 1 rings (SSSR count). The maximum atomic E-state index is 10.9. The van der Waals surface area contributed by atoms with Gasteiger partial charge in [-0.2, -0.15) is 0 Å². The summed E-state index contributed by atoms with van der Waals surface area (Å²) >= 11 is 0. The first-order valence-corrected chi connectivity index (χ1v) is 5.14. The van der Waals surface area contributed by atoms with E-state index in [1.807, 2.05) is 6.92 Å². The van der Waals surface area contributed by atoms with E-state index in [0.717, 1.165) is 5.56 Å². The first-order chi connectivity index (χ1) is 7.93. The monoisotopic (exact) mass is 239 g/mol. The van der Waals surface area contributed by atoms with Crippen molar-refractivity contribution in [1.82, 2.24) is 0 Å². The number of carbonyl (C=O) groups is 1. The average Bonchev–Trinajstić information content (AvgIpc) is 2.29. The molecule has 5 heteroatoms. The van der Waals surface area contributed by atoms with Gasteiger partial charge in [-0.1, -0.05) is 0 Å². The minimum Gasteiger partial charge on any atom is -0.493 e. The number of rotatable bonds is 4. The van der Waals surface area contributed by atoms with Crippen molar-refractivity contribution in [3.05, 3.63) is 22.8 Å². The molecule has 1 unspecified atom stereocenters. The van der Waals surface area contributed by atoms with Gasteiger partial charge < -0.3 is 20.3 Å². The number of hydrogen-bond acceptors (Lipinski definition) is 4. The molecule has 0 radical (unpaired) electrons. The predicted octanol–water partition coefficient (Wildman–Crippen LogP) is 1.41. The summed E-state index contributed by atoms with van der Waals surface area (Å²) in [6.45, 7) is 3.58. The summed E-state index contributed by atoms with van der Waals surface area (Å²) in [5, 5.41) is 8.94. The molecule has 0 aliphatic heterocycles. The van der Waals surface area contributed by atoms with Crippen LogP contribution < -0.4 is 15.2 Å². The van der Waals surface area contributed by atoms with Crippen LogP contribution in [0.25, 0.3) is 0 Å². The normalized spacial score (nSPS) is 12.1. The molecular formula is C12H17NO4. The van der Waals surface area contributed by atoms with E-state index < -0.39 is 12.0 Å². The van der Waals surface area contributed by atoms with Gasteiger partial charge in [-0.25, -0.2) is 0 Å². The summed E-state index contributed by atoms with van der Waals surface area (Å²) in [4.78, 5) is 10.9. The van der Waals surface area contributed by atoms with Gasteiger partial charge in [0.25, 0.3) is 0 Å². The van der Waals surface area contributed by atoms with Crippen molar-refractivity contribution >= 4 is 5.97 Å². The van der Waals surface area contributed by atoms with Crippen LogP contribution in [-0.4, -0.2) is 25.3 Å². The van der Waals surface area contributed by atoms with Crippen LogP contribution in [0.5, 0.6) is 11.5 Å². The molecule has 0 aliphatic rings. The van der Waals surface area contributed by atoms with Crippen molar-refractivity contribution in [2.24, 2.45) is 5.73 Å². The number of aryl methyl sites for hydroxylation is 1. The molecule has 0 heterocycles. The standard InChI is InChI=1S/C12H17NO4/c1-6-5-8(9(13)12(14)15)7(2)11(17-4)10(6)16-3/h5,9H,13H2,1-4H3,(H,14,15). The molecule has 0 saturated heterocycles. The molecule has 0 spiro atoms.